The summed E-state index contributed by atoms with van der Waals surface area (Å²) in [5, 5.41) is 13.4. The van der Waals surface area contributed by atoms with E-state index in [9.17, 15) is 9.90 Å². The number of hydrogen-bond acceptors (Lipinski definition) is 4. The number of carbonyl (C=O) groups is 1. The van der Waals surface area contributed by atoms with Crippen LogP contribution in [0.15, 0.2) is 30.3 Å². The fraction of sp³-hybridized carbons (Fsp3) is 0.533. The first-order chi connectivity index (χ1) is 9.53. The molecule has 0 bridgehead atoms. The lowest BCUT2D eigenvalue weighted by Gasteiger charge is -2.42. The Morgan fingerprint density at radius 2 is 2.20 bits per heavy atom. The lowest BCUT2D eigenvalue weighted by Crippen LogP contribution is -2.59. The first-order valence-corrected chi connectivity index (χ1v) is 6.89. The van der Waals surface area contributed by atoms with Crippen molar-refractivity contribution >= 4 is 5.91 Å². The summed E-state index contributed by atoms with van der Waals surface area (Å²) in [6.07, 6.45) is 0.320. The third-order valence-electron chi connectivity index (χ3n) is 3.57. The van der Waals surface area contributed by atoms with Crippen LogP contribution in [0.2, 0.25) is 0 Å². The summed E-state index contributed by atoms with van der Waals surface area (Å²) >= 11 is 0. The molecule has 1 fully saturated rings. The number of para-hydroxylation sites is 1. The fourth-order valence-electron chi connectivity index (χ4n) is 2.48. The molecule has 0 spiro atoms. The second kappa shape index (κ2) is 6.24. The summed E-state index contributed by atoms with van der Waals surface area (Å²) < 4.78 is 5.86. The molecule has 1 heterocycles. The number of likely N-dealkylation sites (N-methyl/N-ethyl adjacent to an activating group) is 1. The molecule has 1 amide bonds. The van der Waals surface area contributed by atoms with E-state index in [0.717, 1.165) is 5.75 Å². The van der Waals surface area contributed by atoms with Gasteiger partial charge >= 0.3 is 0 Å². The number of benzene rings is 1. The number of nitrogens with zero attached hydrogens (tertiary/aromatic N) is 1. The highest BCUT2D eigenvalue weighted by Gasteiger charge is 2.41. The Morgan fingerprint density at radius 1 is 1.50 bits per heavy atom. The normalized spacial score (nSPS) is 26.4. The van der Waals surface area contributed by atoms with Crippen molar-refractivity contribution in [3.05, 3.63) is 30.3 Å². The lowest BCUT2D eigenvalue weighted by molar-refractivity contribution is -0.144. The van der Waals surface area contributed by atoms with E-state index in [2.05, 4.69) is 5.32 Å². The van der Waals surface area contributed by atoms with Crippen LogP contribution in [-0.2, 0) is 4.79 Å². The van der Waals surface area contributed by atoms with Crippen LogP contribution in [0.4, 0.5) is 0 Å². The minimum absolute atomic E-state index is 0.00550. The van der Waals surface area contributed by atoms with Gasteiger partial charge in [0.2, 0.25) is 5.91 Å². The topological polar surface area (TPSA) is 61.8 Å². The molecule has 2 atom stereocenters. The molecule has 1 aliphatic heterocycles. The number of hydrogen-bond donors (Lipinski definition) is 2. The molecule has 0 radical (unpaired) electrons. The standard InChI is InChI=1S/C15H22N2O3/c1-15(19)11-17(14(18)10-16-2)9-8-13(15)20-12-6-4-3-5-7-12/h3-7,13,16,19H,8-11H2,1-2H3/t13-,15-/m0/s1. The molecule has 1 saturated heterocycles. The van der Waals surface area contributed by atoms with Crippen molar-refractivity contribution in [1.82, 2.24) is 10.2 Å². The quantitative estimate of drug-likeness (QED) is 0.848. The van der Waals surface area contributed by atoms with Crippen molar-refractivity contribution in [3.63, 3.8) is 0 Å². The monoisotopic (exact) mass is 278 g/mol. The van der Waals surface area contributed by atoms with Crippen LogP contribution in [0.1, 0.15) is 13.3 Å². The van der Waals surface area contributed by atoms with Crippen molar-refractivity contribution < 1.29 is 14.6 Å². The highest BCUT2D eigenvalue weighted by molar-refractivity contribution is 5.78. The molecule has 0 aliphatic carbocycles. The van der Waals surface area contributed by atoms with Crippen molar-refractivity contribution in [2.24, 2.45) is 0 Å². The van der Waals surface area contributed by atoms with Gasteiger partial charge in [-0.1, -0.05) is 18.2 Å². The summed E-state index contributed by atoms with van der Waals surface area (Å²) in [4.78, 5) is 13.5. The fourth-order valence-corrected chi connectivity index (χ4v) is 2.48. The van der Waals surface area contributed by atoms with Gasteiger partial charge in [-0.2, -0.15) is 0 Å². The number of ether oxygens (including phenoxy) is 1. The summed E-state index contributed by atoms with van der Waals surface area (Å²) in [6.45, 7) is 2.92. The summed E-state index contributed by atoms with van der Waals surface area (Å²) in [5.41, 5.74) is -1.04. The molecule has 20 heavy (non-hydrogen) atoms. The van der Waals surface area contributed by atoms with E-state index in [0.29, 0.717) is 26.1 Å². The molecular formula is C15H22N2O3. The second-order valence-electron chi connectivity index (χ2n) is 5.41. The van der Waals surface area contributed by atoms with Crippen LogP contribution in [0.3, 0.4) is 0 Å². The van der Waals surface area contributed by atoms with E-state index >= 15 is 0 Å². The van der Waals surface area contributed by atoms with Crippen molar-refractivity contribution in [3.8, 4) is 5.75 Å². The van der Waals surface area contributed by atoms with Gasteiger partial charge < -0.3 is 20.1 Å². The minimum Gasteiger partial charge on any atom is -0.487 e. The van der Waals surface area contributed by atoms with Gasteiger partial charge in [-0.15, -0.1) is 0 Å². The van der Waals surface area contributed by atoms with E-state index < -0.39 is 5.60 Å². The zero-order valence-electron chi connectivity index (χ0n) is 12.0. The van der Waals surface area contributed by atoms with Gasteiger partial charge in [0.15, 0.2) is 0 Å². The number of carbonyl (C=O) groups excluding carboxylic acids is 1. The SMILES string of the molecule is CNCC(=O)N1CC[C@H](Oc2ccccc2)[C@@](C)(O)C1. The maximum atomic E-state index is 11.9. The predicted molar refractivity (Wildman–Crippen MR) is 76.6 cm³/mol. The molecule has 0 aromatic heterocycles. The summed E-state index contributed by atoms with van der Waals surface area (Å²) in [7, 11) is 1.74. The average molecular weight is 278 g/mol. The van der Waals surface area contributed by atoms with E-state index in [1.807, 2.05) is 30.3 Å². The minimum atomic E-state index is -1.04. The maximum absolute atomic E-state index is 11.9. The van der Waals surface area contributed by atoms with Crippen LogP contribution >= 0.6 is 0 Å². The molecule has 2 rings (SSSR count). The number of β-amino-alcohol motifs (C(OH)–C–C–N with tert-alkyl or cyclic N) is 1. The molecular weight excluding hydrogens is 256 g/mol. The molecule has 5 nitrogen and oxygen atoms in total. The number of likely N-dealkylation sites (tertiary alicyclic amines) is 1. The van der Waals surface area contributed by atoms with Crippen LogP contribution in [-0.4, -0.2) is 54.3 Å². The molecule has 1 aromatic carbocycles. The maximum Gasteiger partial charge on any atom is 0.236 e. The van der Waals surface area contributed by atoms with Gasteiger partial charge in [-0.3, -0.25) is 4.79 Å². The number of amides is 1. The van der Waals surface area contributed by atoms with Crippen molar-refractivity contribution in [2.75, 3.05) is 26.7 Å². The molecule has 0 saturated carbocycles. The zero-order chi connectivity index (χ0) is 14.6. The van der Waals surface area contributed by atoms with Gasteiger partial charge in [0.1, 0.15) is 17.5 Å². The smallest absolute Gasteiger partial charge is 0.236 e. The third kappa shape index (κ3) is 3.49. The molecule has 110 valence electrons. The largest absolute Gasteiger partial charge is 0.487 e. The van der Waals surface area contributed by atoms with E-state index in [1.165, 1.54) is 0 Å². The van der Waals surface area contributed by atoms with Gasteiger partial charge in [0.25, 0.3) is 0 Å². The Kier molecular flexibility index (Phi) is 4.62. The van der Waals surface area contributed by atoms with Crippen LogP contribution < -0.4 is 10.1 Å². The molecule has 2 N–H and O–H groups in total. The lowest BCUT2D eigenvalue weighted by atomic mass is 9.91. The van der Waals surface area contributed by atoms with E-state index in [4.69, 9.17) is 4.74 Å². The molecule has 5 heteroatoms. The number of piperidine rings is 1. The van der Waals surface area contributed by atoms with Crippen molar-refractivity contribution in [1.29, 1.82) is 0 Å². The predicted octanol–water partition coefficient (Wildman–Crippen LogP) is 0.637. The Balaban J connectivity index is 1.99. The Morgan fingerprint density at radius 3 is 2.80 bits per heavy atom. The zero-order valence-corrected chi connectivity index (χ0v) is 12.0. The first-order valence-electron chi connectivity index (χ1n) is 6.89. The Labute approximate surface area is 119 Å². The summed E-state index contributed by atoms with van der Waals surface area (Å²) in [6, 6.07) is 9.46. The van der Waals surface area contributed by atoms with E-state index in [1.54, 1.807) is 18.9 Å². The second-order valence-corrected chi connectivity index (χ2v) is 5.41. The molecule has 1 aliphatic rings. The first kappa shape index (κ1) is 14.8. The van der Waals surface area contributed by atoms with Gasteiger partial charge in [0.05, 0.1) is 13.1 Å². The highest BCUT2D eigenvalue weighted by atomic mass is 16.5. The van der Waals surface area contributed by atoms with Gasteiger partial charge in [0, 0.05) is 13.0 Å². The number of nitrogens with one attached hydrogen (secondary N) is 1. The highest BCUT2D eigenvalue weighted by Crippen LogP contribution is 2.26. The van der Waals surface area contributed by atoms with Crippen LogP contribution in [0.5, 0.6) is 5.75 Å². The Hall–Kier alpha value is -1.59. The Bertz CT molecular complexity index is 448. The van der Waals surface area contributed by atoms with Gasteiger partial charge in [-0.05, 0) is 26.1 Å². The van der Waals surface area contributed by atoms with Crippen molar-refractivity contribution in [2.45, 2.75) is 25.0 Å². The van der Waals surface area contributed by atoms with Gasteiger partial charge in [-0.25, -0.2) is 0 Å². The molecule has 1 aromatic rings. The van der Waals surface area contributed by atoms with Crippen LogP contribution in [0.25, 0.3) is 0 Å². The molecule has 0 unspecified atom stereocenters. The number of aliphatic hydroxyl groups is 1. The average Bonchev–Trinajstić information content (AvgIpc) is 2.42. The third-order valence-corrected chi connectivity index (χ3v) is 3.57. The number of rotatable bonds is 4. The van der Waals surface area contributed by atoms with E-state index in [-0.39, 0.29) is 12.0 Å². The van der Waals surface area contributed by atoms with Crippen LogP contribution in [0, 0.1) is 0 Å². The summed E-state index contributed by atoms with van der Waals surface area (Å²) in [5.74, 6) is 0.749.